The van der Waals surface area contributed by atoms with Crippen molar-refractivity contribution >= 4 is 23.5 Å². The highest BCUT2D eigenvalue weighted by molar-refractivity contribution is 8.05. The van der Waals surface area contributed by atoms with Crippen molar-refractivity contribution in [3.63, 3.8) is 0 Å². The molecule has 0 aromatic heterocycles. The minimum Gasteiger partial charge on any atom is -0.465 e. The maximum atomic E-state index is 11.0. The van der Waals surface area contributed by atoms with Crippen molar-refractivity contribution in [1.82, 2.24) is 0 Å². The monoisotopic (exact) mass is 187 g/mol. The third-order valence-corrected chi connectivity index (χ3v) is 1.91. The number of esters is 1. The van der Waals surface area contributed by atoms with E-state index in [9.17, 15) is 9.59 Å². The first-order chi connectivity index (χ1) is 5.63. The molecule has 0 aromatic rings. The van der Waals surface area contributed by atoms with Crippen LogP contribution in [-0.2, 0) is 14.3 Å². The molecule has 66 valence electrons. The number of rotatable bonds is 4. The lowest BCUT2D eigenvalue weighted by Gasteiger charge is -2.06. The van der Waals surface area contributed by atoms with E-state index < -0.39 is 11.2 Å². The number of Topliss-reactive ketones (excluding diaryl/α,β-unsaturated/α-hetero) is 1. The van der Waals surface area contributed by atoms with Gasteiger partial charge >= 0.3 is 5.97 Å². The van der Waals surface area contributed by atoms with E-state index in [1.54, 1.807) is 12.3 Å². The van der Waals surface area contributed by atoms with Gasteiger partial charge in [0.2, 0.25) is 0 Å². The first kappa shape index (κ1) is 11.0. The zero-order valence-corrected chi connectivity index (χ0v) is 7.68. The Morgan fingerprint density at radius 1 is 1.67 bits per heavy atom. The predicted molar refractivity (Wildman–Crippen MR) is 44.3 cm³/mol. The van der Waals surface area contributed by atoms with E-state index in [4.69, 9.17) is 5.26 Å². The number of thioether (sulfide) groups is 1. The number of nitriles is 1. The Kier molecular flexibility index (Phi) is 5.13. The fourth-order valence-corrected chi connectivity index (χ4v) is 1.00. The molecule has 4 nitrogen and oxygen atoms in total. The summed E-state index contributed by atoms with van der Waals surface area (Å²) < 4.78 is 4.59. The molecule has 0 aliphatic rings. The first-order valence-corrected chi connectivity index (χ1v) is 4.23. The average Bonchev–Trinajstić information content (AvgIpc) is 1.99. The third-order valence-electron chi connectivity index (χ3n) is 1.04. The second kappa shape index (κ2) is 5.61. The number of carbonyl (C=O) groups excluding carboxylic acids is 2. The summed E-state index contributed by atoms with van der Waals surface area (Å²) in [5, 5.41) is 8.95. The van der Waals surface area contributed by atoms with Gasteiger partial charge in [0.1, 0.15) is 5.40 Å². The lowest BCUT2D eigenvalue weighted by Crippen LogP contribution is -2.26. The van der Waals surface area contributed by atoms with E-state index in [-0.39, 0.29) is 12.4 Å². The predicted octanol–water partition coefficient (Wildman–Crippen LogP) is 0.721. The van der Waals surface area contributed by atoms with Gasteiger partial charge in [-0.05, 0) is 25.6 Å². The summed E-state index contributed by atoms with van der Waals surface area (Å²) in [5.74, 6) is -1.00. The van der Waals surface area contributed by atoms with Gasteiger partial charge < -0.3 is 4.74 Å². The Bertz CT molecular complexity index is 221. The zero-order valence-electron chi connectivity index (χ0n) is 6.86. The minimum atomic E-state index is -0.991. The molecule has 0 N–H and O–H groups in total. The van der Waals surface area contributed by atoms with E-state index in [0.29, 0.717) is 11.8 Å². The molecule has 1 atom stereocenters. The third kappa shape index (κ3) is 3.39. The molecule has 0 spiro atoms. The summed E-state index contributed by atoms with van der Waals surface area (Å²) in [6, 6.07) is 0. The second-order valence-corrected chi connectivity index (χ2v) is 2.84. The molecule has 0 bridgehead atoms. The van der Waals surface area contributed by atoms with Gasteiger partial charge in [-0.3, -0.25) is 9.59 Å². The molecule has 0 aliphatic heterocycles. The standard InChI is InChI=1S/C7H9NO3S/c1-3-11-7(10)6(5(2)9)12-4-8/h6H,3H2,1-2H3. The van der Waals surface area contributed by atoms with Gasteiger partial charge in [-0.15, -0.1) is 0 Å². The van der Waals surface area contributed by atoms with E-state index in [1.165, 1.54) is 6.92 Å². The van der Waals surface area contributed by atoms with Crippen LogP contribution in [0.5, 0.6) is 0 Å². The van der Waals surface area contributed by atoms with Gasteiger partial charge in [0.15, 0.2) is 11.0 Å². The van der Waals surface area contributed by atoms with Crippen molar-refractivity contribution in [2.45, 2.75) is 19.1 Å². The number of carbonyl (C=O) groups is 2. The van der Waals surface area contributed by atoms with Gasteiger partial charge in [-0.2, -0.15) is 5.26 Å². The normalized spacial score (nSPS) is 11.4. The Balaban J connectivity index is 4.21. The lowest BCUT2D eigenvalue weighted by atomic mass is 10.3. The minimum absolute atomic E-state index is 0.217. The van der Waals surface area contributed by atoms with Crippen LogP contribution in [0.2, 0.25) is 0 Å². The van der Waals surface area contributed by atoms with Gasteiger partial charge in [0.05, 0.1) is 6.61 Å². The van der Waals surface area contributed by atoms with Crippen molar-refractivity contribution in [1.29, 1.82) is 5.26 Å². The van der Waals surface area contributed by atoms with Crippen molar-refractivity contribution in [3.05, 3.63) is 0 Å². The average molecular weight is 187 g/mol. The quantitative estimate of drug-likeness (QED) is 0.368. The molecular formula is C7H9NO3S. The Hall–Kier alpha value is -1.02. The molecule has 0 radical (unpaired) electrons. The second-order valence-electron chi connectivity index (χ2n) is 1.95. The smallest absolute Gasteiger partial charge is 0.327 e. The molecular weight excluding hydrogens is 178 g/mol. The van der Waals surface area contributed by atoms with Crippen LogP contribution in [0.3, 0.4) is 0 Å². The Morgan fingerprint density at radius 3 is 2.58 bits per heavy atom. The number of ketones is 1. The Labute approximate surface area is 74.9 Å². The van der Waals surface area contributed by atoms with Crippen molar-refractivity contribution < 1.29 is 14.3 Å². The maximum absolute atomic E-state index is 11.0. The van der Waals surface area contributed by atoms with Crippen molar-refractivity contribution in [2.24, 2.45) is 0 Å². The molecule has 0 fully saturated rings. The molecule has 5 heteroatoms. The zero-order chi connectivity index (χ0) is 9.56. The number of ether oxygens (including phenoxy) is 1. The van der Waals surface area contributed by atoms with Crippen molar-refractivity contribution in [2.75, 3.05) is 6.61 Å². The van der Waals surface area contributed by atoms with Crippen molar-refractivity contribution in [3.8, 4) is 5.40 Å². The topological polar surface area (TPSA) is 67.2 Å². The summed E-state index contributed by atoms with van der Waals surface area (Å²) in [7, 11) is 0. The van der Waals surface area contributed by atoms with Crippen LogP contribution in [0.15, 0.2) is 0 Å². The summed E-state index contributed by atoms with van der Waals surface area (Å²) in [4.78, 5) is 21.7. The molecule has 0 saturated heterocycles. The fourth-order valence-electron chi connectivity index (χ4n) is 0.568. The van der Waals surface area contributed by atoms with Crippen LogP contribution in [0.25, 0.3) is 0 Å². The summed E-state index contributed by atoms with van der Waals surface area (Å²) in [6.45, 7) is 3.12. The van der Waals surface area contributed by atoms with Gasteiger partial charge in [-0.1, -0.05) is 0 Å². The number of hydrogen-bond donors (Lipinski definition) is 0. The SMILES string of the molecule is CCOC(=O)C(SC#N)C(C)=O. The number of thiocyanates is 1. The highest BCUT2D eigenvalue weighted by Gasteiger charge is 2.25. The van der Waals surface area contributed by atoms with Gasteiger partial charge in [-0.25, -0.2) is 0 Å². The van der Waals surface area contributed by atoms with Gasteiger partial charge in [0, 0.05) is 0 Å². The highest BCUT2D eigenvalue weighted by atomic mass is 32.2. The lowest BCUT2D eigenvalue weighted by molar-refractivity contribution is -0.144. The molecule has 0 amide bonds. The summed E-state index contributed by atoms with van der Waals surface area (Å²) in [6.07, 6.45) is 0. The maximum Gasteiger partial charge on any atom is 0.327 e. The van der Waals surface area contributed by atoms with E-state index >= 15 is 0 Å². The van der Waals surface area contributed by atoms with Crippen LogP contribution < -0.4 is 0 Å². The molecule has 0 rings (SSSR count). The molecule has 12 heavy (non-hydrogen) atoms. The molecule has 1 unspecified atom stereocenters. The molecule has 0 saturated carbocycles. The summed E-state index contributed by atoms with van der Waals surface area (Å²) in [5.41, 5.74) is 0. The van der Waals surface area contributed by atoms with Crippen LogP contribution >= 0.6 is 11.8 Å². The van der Waals surface area contributed by atoms with Crippen LogP contribution in [0, 0.1) is 10.7 Å². The number of nitrogens with zero attached hydrogens (tertiary/aromatic N) is 1. The van der Waals surface area contributed by atoms with Crippen LogP contribution in [0.1, 0.15) is 13.8 Å². The molecule has 0 aromatic carbocycles. The Morgan fingerprint density at radius 2 is 2.25 bits per heavy atom. The number of hydrogen-bond acceptors (Lipinski definition) is 5. The fraction of sp³-hybridized carbons (Fsp3) is 0.571. The van der Waals surface area contributed by atoms with Crippen LogP contribution in [0.4, 0.5) is 0 Å². The van der Waals surface area contributed by atoms with Gasteiger partial charge in [0.25, 0.3) is 0 Å². The highest BCUT2D eigenvalue weighted by Crippen LogP contribution is 2.11. The molecule has 0 aliphatic carbocycles. The van der Waals surface area contributed by atoms with E-state index in [0.717, 1.165) is 0 Å². The summed E-state index contributed by atoms with van der Waals surface area (Å²) >= 11 is 0.614. The molecule has 0 heterocycles. The first-order valence-electron chi connectivity index (χ1n) is 3.35. The van der Waals surface area contributed by atoms with E-state index in [1.807, 2.05) is 0 Å². The largest absolute Gasteiger partial charge is 0.465 e. The van der Waals surface area contributed by atoms with Crippen LogP contribution in [-0.4, -0.2) is 23.6 Å². The van der Waals surface area contributed by atoms with E-state index in [2.05, 4.69) is 4.74 Å².